The van der Waals surface area contributed by atoms with Crippen molar-refractivity contribution < 1.29 is 8.81 Å². The minimum absolute atomic E-state index is 0.345. The molecule has 0 fully saturated rings. The van der Waals surface area contributed by atoms with Gasteiger partial charge in [0.05, 0.1) is 33.9 Å². The van der Waals surface area contributed by atoms with E-state index >= 15 is 0 Å². The number of nitrogens with one attached hydrogen (secondary N) is 1. The highest BCUT2D eigenvalue weighted by atomic mass is 32.1. The van der Waals surface area contributed by atoms with Crippen LogP contribution in [-0.2, 0) is 6.54 Å². The Hall–Kier alpha value is -3.24. The average Bonchev–Trinajstić information content (AvgIpc) is 3.30. The molecule has 5 nitrogen and oxygen atoms in total. The summed E-state index contributed by atoms with van der Waals surface area (Å²) in [5, 5.41) is 15.1. The highest BCUT2D eigenvalue weighted by Crippen LogP contribution is 2.29. The van der Waals surface area contributed by atoms with Crippen molar-refractivity contribution in [1.82, 2.24) is 9.97 Å². The van der Waals surface area contributed by atoms with Crippen LogP contribution in [0.15, 0.2) is 46.5 Å². The van der Waals surface area contributed by atoms with Gasteiger partial charge in [-0.05, 0) is 36.1 Å². The molecular formula is C19H13FN4OS. The zero-order chi connectivity index (χ0) is 18.1. The van der Waals surface area contributed by atoms with Crippen LogP contribution in [0, 0.1) is 24.1 Å². The van der Waals surface area contributed by atoms with Gasteiger partial charge in [-0.3, -0.25) is 4.98 Å². The van der Waals surface area contributed by atoms with Crippen molar-refractivity contribution in [2.75, 3.05) is 5.32 Å². The summed E-state index contributed by atoms with van der Waals surface area (Å²) < 4.78 is 19.4. The largest absolute Gasteiger partial charge is 0.443 e. The smallest absolute Gasteiger partial charge is 0.236 e. The van der Waals surface area contributed by atoms with Crippen LogP contribution in [0.1, 0.15) is 16.8 Å². The molecule has 26 heavy (non-hydrogen) atoms. The SMILES string of the molecule is Cc1cc(F)cc2c(NCc3coc(-c4cccs4)n3)c(C#N)cnc12. The number of rotatable bonds is 4. The topological polar surface area (TPSA) is 74.7 Å². The lowest BCUT2D eigenvalue weighted by atomic mass is 10.1. The predicted octanol–water partition coefficient (Wildman–Crippen LogP) is 4.88. The number of nitrogens with zero attached hydrogens (tertiary/aromatic N) is 3. The molecule has 0 aliphatic heterocycles. The van der Waals surface area contributed by atoms with Crippen LogP contribution in [-0.4, -0.2) is 9.97 Å². The van der Waals surface area contributed by atoms with Gasteiger partial charge in [0, 0.05) is 11.6 Å². The van der Waals surface area contributed by atoms with Gasteiger partial charge in [-0.1, -0.05) is 6.07 Å². The van der Waals surface area contributed by atoms with Crippen molar-refractivity contribution in [3.05, 3.63) is 64.7 Å². The number of halogens is 1. The summed E-state index contributed by atoms with van der Waals surface area (Å²) in [4.78, 5) is 9.68. The van der Waals surface area contributed by atoms with Gasteiger partial charge in [0.1, 0.15) is 18.1 Å². The van der Waals surface area contributed by atoms with E-state index in [1.54, 1.807) is 24.5 Å². The van der Waals surface area contributed by atoms with Gasteiger partial charge in [-0.15, -0.1) is 11.3 Å². The molecule has 1 aromatic carbocycles. The number of aryl methyl sites for hydroxylation is 1. The number of oxazole rings is 1. The maximum atomic E-state index is 13.9. The minimum atomic E-state index is -0.364. The second-order valence-electron chi connectivity index (χ2n) is 5.75. The molecular weight excluding hydrogens is 351 g/mol. The van der Waals surface area contributed by atoms with Crippen molar-refractivity contribution >= 4 is 27.9 Å². The van der Waals surface area contributed by atoms with E-state index in [-0.39, 0.29) is 5.82 Å². The fourth-order valence-electron chi connectivity index (χ4n) is 2.79. The van der Waals surface area contributed by atoms with E-state index in [4.69, 9.17) is 4.42 Å². The van der Waals surface area contributed by atoms with Crippen molar-refractivity contribution in [3.63, 3.8) is 0 Å². The molecule has 3 heterocycles. The zero-order valence-corrected chi connectivity index (χ0v) is 14.6. The highest BCUT2D eigenvalue weighted by molar-refractivity contribution is 7.13. The van der Waals surface area contributed by atoms with Crippen LogP contribution in [0.5, 0.6) is 0 Å². The number of benzene rings is 1. The average molecular weight is 364 g/mol. The lowest BCUT2D eigenvalue weighted by Gasteiger charge is -2.11. The van der Waals surface area contributed by atoms with E-state index in [2.05, 4.69) is 21.4 Å². The number of pyridine rings is 1. The summed E-state index contributed by atoms with van der Waals surface area (Å²) in [5.41, 5.74) is 2.96. The number of aromatic nitrogens is 2. The second-order valence-corrected chi connectivity index (χ2v) is 6.70. The Morgan fingerprint density at radius 1 is 1.38 bits per heavy atom. The fourth-order valence-corrected chi connectivity index (χ4v) is 3.45. The minimum Gasteiger partial charge on any atom is -0.443 e. The molecule has 4 rings (SSSR count). The van der Waals surface area contributed by atoms with Crippen LogP contribution in [0.3, 0.4) is 0 Å². The maximum Gasteiger partial charge on any atom is 0.236 e. The summed E-state index contributed by atoms with van der Waals surface area (Å²) in [7, 11) is 0. The third-order valence-corrected chi connectivity index (χ3v) is 4.83. The highest BCUT2D eigenvalue weighted by Gasteiger charge is 2.13. The molecule has 1 N–H and O–H groups in total. The molecule has 0 aliphatic rings. The Labute approximate surface area is 152 Å². The number of hydrogen-bond acceptors (Lipinski definition) is 6. The van der Waals surface area contributed by atoms with Gasteiger partial charge in [0.25, 0.3) is 0 Å². The van der Waals surface area contributed by atoms with E-state index in [1.165, 1.54) is 18.3 Å². The Balaban J connectivity index is 1.68. The van der Waals surface area contributed by atoms with Crippen LogP contribution in [0.2, 0.25) is 0 Å². The summed E-state index contributed by atoms with van der Waals surface area (Å²) in [6, 6.07) is 8.78. The molecule has 0 amide bonds. The third kappa shape index (κ3) is 2.91. The van der Waals surface area contributed by atoms with E-state index in [0.717, 1.165) is 4.88 Å². The summed E-state index contributed by atoms with van der Waals surface area (Å²) >= 11 is 1.55. The first-order valence-corrected chi connectivity index (χ1v) is 8.75. The molecule has 0 bridgehead atoms. The first-order chi connectivity index (χ1) is 12.7. The molecule has 0 saturated carbocycles. The van der Waals surface area contributed by atoms with Crippen LogP contribution in [0.25, 0.3) is 21.7 Å². The molecule has 0 atom stereocenters. The molecule has 0 saturated heterocycles. The van der Waals surface area contributed by atoms with Gasteiger partial charge in [0.2, 0.25) is 5.89 Å². The third-order valence-electron chi connectivity index (χ3n) is 3.98. The van der Waals surface area contributed by atoms with E-state index in [9.17, 15) is 9.65 Å². The monoisotopic (exact) mass is 364 g/mol. The summed E-state index contributed by atoms with van der Waals surface area (Å²) in [6.07, 6.45) is 3.07. The first-order valence-electron chi connectivity index (χ1n) is 7.87. The molecule has 0 spiro atoms. The normalized spacial score (nSPS) is 10.8. The number of nitriles is 1. The number of fused-ring (bicyclic) bond motifs is 1. The van der Waals surface area contributed by atoms with E-state index in [1.807, 2.05) is 17.5 Å². The standard InChI is InChI=1S/C19H13FN4OS/c1-11-5-13(20)6-15-17(11)22-8-12(7-21)18(15)23-9-14-10-25-19(24-14)16-3-2-4-26-16/h2-6,8,10H,9H2,1H3,(H,22,23). The van der Waals surface area contributed by atoms with Crippen molar-refractivity contribution in [2.45, 2.75) is 13.5 Å². The predicted molar refractivity (Wildman–Crippen MR) is 98.3 cm³/mol. The lowest BCUT2D eigenvalue weighted by molar-refractivity contribution is 0.574. The molecule has 0 radical (unpaired) electrons. The molecule has 0 aliphatic carbocycles. The van der Waals surface area contributed by atoms with Crippen LogP contribution in [0.4, 0.5) is 10.1 Å². The van der Waals surface area contributed by atoms with Crippen molar-refractivity contribution in [1.29, 1.82) is 5.26 Å². The Morgan fingerprint density at radius 3 is 3.04 bits per heavy atom. The molecule has 128 valence electrons. The Kier molecular flexibility index (Phi) is 4.11. The van der Waals surface area contributed by atoms with Gasteiger partial charge in [-0.2, -0.15) is 5.26 Å². The number of hydrogen-bond donors (Lipinski definition) is 1. The summed E-state index contributed by atoms with van der Waals surface area (Å²) in [5.74, 6) is 0.190. The van der Waals surface area contributed by atoms with Crippen molar-refractivity contribution in [2.24, 2.45) is 0 Å². The van der Waals surface area contributed by atoms with Gasteiger partial charge in [0.15, 0.2) is 0 Å². The lowest BCUT2D eigenvalue weighted by Crippen LogP contribution is -2.04. The zero-order valence-electron chi connectivity index (χ0n) is 13.8. The van der Waals surface area contributed by atoms with Crippen LogP contribution >= 0.6 is 11.3 Å². The van der Waals surface area contributed by atoms with Gasteiger partial charge < -0.3 is 9.73 Å². The fraction of sp³-hybridized carbons (Fsp3) is 0.105. The Bertz CT molecular complexity index is 1130. The summed E-state index contributed by atoms with van der Waals surface area (Å²) in [6.45, 7) is 2.14. The quantitative estimate of drug-likeness (QED) is 0.558. The molecule has 7 heteroatoms. The molecule has 0 unspecified atom stereocenters. The van der Waals surface area contributed by atoms with Gasteiger partial charge in [-0.25, -0.2) is 9.37 Å². The van der Waals surface area contributed by atoms with Gasteiger partial charge >= 0.3 is 0 Å². The second kappa shape index (κ2) is 6.58. The van der Waals surface area contributed by atoms with Crippen molar-refractivity contribution in [3.8, 4) is 16.8 Å². The van der Waals surface area contributed by atoms with Crippen LogP contribution < -0.4 is 5.32 Å². The Morgan fingerprint density at radius 2 is 2.27 bits per heavy atom. The molecule has 3 aromatic heterocycles. The maximum absolute atomic E-state index is 13.9. The van der Waals surface area contributed by atoms with E-state index < -0.39 is 0 Å². The number of thiophene rings is 1. The first kappa shape index (κ1) is 16.2. The number of anilines is 1. The van der Waals surface area contributed by atoms with E-state index in [0.29, 0.717) is 45.8 Å². The molecule has 4 aromatic rings.